The van der Waals surface area contributed by atoms with Gasteiger partial charge < -0.3 is 14.8 Å². The summed E-state index contributed by atoms with van der Waals surface area (Å²) in [6.07, 6.45) is 2.84. The molecule has 2 aromatic rings. The SMILES string of the molecule is CN(Cc1nccs1)Cc1ccc2n(c1=O)C[C@H]1C[C@@H]2CN(CC(=O)O)C1.O=CO. The van der Waals surface area contributed by atoms with Crippen LogP contribution in [0.3, 0.4) is 0 Å². The van der Waals surface area contributed by atoms with E-state index in [9.17, 15) is 9.59 Å². The van der Waals surface area contributed by atoms with Crippen LogP contribution in [0.4, 0.5) is 0 Å². The van der Waals surface area contributed by atoms with Crippen LogP contribution in [0.2, 0.25) is 0 Å². The predicted molar refractivity (Wildman–Crippen MR) is 112 cm³/mol. The summed E-state index contributed by atoms with van der Waals surface area (Å²) in [5.41, 5.74) is 1.96. The number of thiazole rings is 1. The molecular formula is C20H26N4O5S. The van der Waals surface area contributed by atoms with Gasteiger partial charge in [0, 0.05) is 54.9 Å². The number of hydrogen-bond acceptors (Lipinski definition) is 7. The third-order valence-electron chi connectivity index (χ3n) is 5.45. The van der Waals surface area contributed by atoms with Crippen molar-refractivity contribution >= 4 is 23.8 Å². The van der Waals surface area contributed by atoms with E-state index in [0.29, 0.717) is 25.6 Å². The minimum atomic E-state index is -0.786. The van der Waals surface area contributed by atoms with Gasteiger partial charge in [-0.2, -0.15) is 0 Å². The average Bonchev–Trinajstić information content (AvgIpc) is 3.17. The second kappa shape index (κ2) is 9.96. The molecule has 0 radical (unpaired) electrons. The van der Waals surface area contributed by atoms with Crippen molar-refractivity contribution in [2.75, 3.05) is 26.7 Å². The molecule has 2 aromatic heterocycles. The van der Waals surface area contributed by atoms with E-state index in [2.05, 4.69) is 16.0 Å². The average molecular weight is 435 g/mol. The highest BCUT2D eigenvalue weighted by molar-refractivity contribution is 7.09. The van der Waals surface area contributed by atoms with E-state index in [1.807, 2.05) is 28.0 Å². The minimum absolute atomic E-state index is 0.0802. The molecule has 9 nitrogen and oxygen atoms in total. The molecule has 0 aliphatic carbocycles. The van der Waals surface area contributed by atoms with E-state index >= 15 is 0 Å². The van der Waals surface area contributed by atoms with Gasteiger partial charge in [-0.05, 0) is 25.5 Å². The first kappa shape index (κ1) is 22.1. The number of pyridine rings is 1. The van der Waals surface area contributed by atoms with Gasteiger partial charge in [0.15, 0.2) is 0 Å². The highest BCUT2D eigenvalue weighted by atomic mass is 32.1. The lowest BCUT2D eigenvalue weighted by atomic mass is 9.83. The van der Waals surface area contributed by atoms with Crippen LogP contribution in [-0.4, -0.2) is 68.7 Å². The monoisotopic (exact) mass is 434 g/mol. The molecule has 10 heteroatoms. The van der Waals surface area contributed by atoms with Gasteiger partial charge in [0.1, 0.15) is 5.01 Å². The second-order valence-electron chi connectivity index (χ2n) is 7.79. The Kier molecular flexibility index (Phi) is 7.35. The second-order valence-corrected chi connectivity index (χ2v) is 8.77. The van der Waals surface area contributed by atoms with Crippen molar-refractivity contribution in [2.24, 2.45) is 5.92 Å². The number of hydrogen-bond donors (Lipinski definition) is 2. The molecule has 2 aliphatic rings. The number of nitrogens with zero attached hydrogens (tertiary/aromatic N) is 4. The van der Waals surface area contributed by atoms with Crippen molar-refractivity contribution in [3.05, 3.63) is 50.3 Å². The molecule has 30 heavy (non-hydrogen) atoms. The number of fused-ring (bicyclic) bond motifs is 4. The molecule has 0 aromatic carbocycles. The van der Waals surface area contributed by atoms with Crippen molar-refractivity contribution in [3.63, 3.8) is 0 Å². The fourth-order valence-corrected chi connectivity index (χ4v) is 5.13. The Hall–Kier alpha value is -2.56. The molecule has 0 spiro atoms. The quantitative estimate of drug-likeness (QED) is 0.651. The minimum Gasteiger partial charge on any atom is -0.483 e. The van der Waals surface area contributed by atoms with Crippen LogP contribution in [0.15, 0.2) is 28.5 Å². The van der Waals surface area contributed by atoms with Gasteiger partial charge in [-0.3, -0.25) is 24.2 Å². The van der Waals surface area contributed by atoms with E-state index < -0.39 is 5.97 Å². The summed E-state index contributed by atoms with van der Waals surface area (Å²) >= 11 is 1.62. The number of piperidine rings is 1. The molecule has 0 amide bonds. The number of carboxylic acids is 1. The fourth-order valence-electron chi connectivity index (χ4n) is 4.44. The summed E-state index contributed by atoms with van der Waals surface area (Å²) < 4.78 is 1.93. The van der Waals surface area contributed by atoms with Crippen molar-refractivity contribution in [2.45, 2.75) is 32.0 Å². The normalized spacial score (nSPS) is 20.2. The zero-order valence-corrected chi connectivity index (χ0v) is 17.6. The summed E-state index contributed by atoms with van der Waals surface area (Å²) in [7, 11) is 2.00. The number of carbonyl (C=O) groups is 2. The standard InChI is InChI=1S/C19H24N4O3S.CH2O2/c1-21(11-17-20-4-5-27-17)9-14-2-3-16-15-6-13(8-23(16)19(14)26)7-22(10-15)12-18(24)25;2-1-3/h2-5,13,15H,6-12H2,1H3,(H,24,25);1H,(H,2,3)/t13-,15+;/m0./s1. The van der Waals surface area contributed by atoms with Crippen molar-refractivity contribution in [3.8, 4) is 0 Å². The van der Waals surface area contributed by atoms with Gasteiger partial charge >= 0.3 is 5.97 Å². The summed E-state index contributed by atoms with van der Waals surface area (Å²) in [6.45, 7) is 3.31. The Balaban J connectivity index is 0.000000806. The Labute approximate surface area is 178 Å². The molecule has 1 fully saturated rings. The maximum atomic E-state index is 13.1. The van der Waals surface area contributed by atoms with Crippen LogP contribution in [-0.2, 0) is 29.2 Å². The number of aromatic nitrogens is 2. The zero-order chi connectivity index (χ0) is 21.7. The molecule has 0 saturated carbocycles. The van der Waals surface area contributed by atoms with Crippen molar-refractivity contribution < 1.29 is 19.8 Å². The summed E-state index contributed by atoms with van der Waals surface area (Å²) in [6, 6.07) is 4.02. The lowest BCUT2D eigenvalue weighted by molar-refractivity contribution is -0.139. The maximum absolute atomic E-state index is 13.1. The summed E-state index contributed by atoms with van der Waals surface area (Å²) in [5, 5.41) is 19.0. The highest BCUT2D eigenvalue weighted by Crippen LogP contribution is 2.35. The molecule has 2 atom stereocenters. The van der Waals surface area contributed by atoms with Crippen LogP contribution in [0.5, 0.6) is 0 Å². The predicted octanol–water partition coefficient (Wildman–Crippen LogP) is 1.14. The Bertz CT molecular complexity index is 930. The van der Waals surface area contributed by atoms with Gasteiger partial charge in [0.25, 0.3) is 12.0 Å². The highest BCUT2D eigenvalue weighted by Gasteiger charge is 2.35. The lowest BCUT2D eigenvalue weighted by Crippen LogP contribution is -2.48. The maximum Gasteiger partial charge on any atom is 0.317 e. The molecule has 4 heterocycles. The Morgan fingerprint density at radius 3 is 2.77 bits per heavy atom. The number of rotatable bonds is 6. The van der Waals surface area contributed by atoms with E-state index in [1.54, 1.807) is 17.5 Å². The molecular weight excluding hydrogens is 408 g/mol. The van der Waals surface area contributed by atoms with Crippen molar-refractivity contribution in [1.29, 1.82) is 0 Å². The summed E-state index contributed by atoms with van der Waals surface area (Å²) in [4.78, 5) is 40.9. The van der Waals surface area contributed by atoms with E-state index in [4.69, 9.17) is 15.0 Å². The molecule has 0 unspecified atom stereocenters. The third-order valence-corrected chi connectivity index (χ3v) is 6.21. The van der Waals surface area contributed by atoms with Gasteiger partial charge in [-0.25, -0.2) is 4.98 Å². The van der Waals surface area contributed by atoms with Crippen LogP contribution in [0, 0.1) is 5.92 Å². The number of likely N-dealkylation sites (tertiary alicyclic amines) is 1. The smallest absolute Gasteiger partial charge is 0.317 e. The van der Waals surface area contributed by atoms with E-state index in [1.165, 1.54) is 0 Å². The van der Waals surface area contributed by atoms with E-state index in [0.717, 1.165) is 35.8 Å². The first-order chi connectivity index (χ1) is 14.4. The van der Waals surface area contributed by atoms with Gasteiger partial charge in [-0.1, -0.05) is 6.07 Å². The Morgan fingerprint density at radius 1 is 1.33 bits per heavy atom. The largest absolute Gasteiger partial charge is 0.483 e. The van der Waals surface area contributed by atoms with Crippen LogP contribution in [0.1, 0.15) is 28.6 Å². The first-order valence-electron chi connectivity index (χ1n) is 9.72. The molecule has 4 rings (SSSR count). The molecule has 2 aliphatic heterocycles. The Morgan fingerprint density at radius 2 is 2.10 bits per heavy atom. The topological polar surface area (TPSA) is 116 Å². The fraction of sp³-hybridized carbons (Fsp3) is 0.500. The van der Waals surface area contributed by atoms with E-state index in [-0.39, 0.29) is 24.5 Å². The van der Waals surface area contributed by atoms with Gasteiger partial charge in [0.2, 0.25) is 0 Å². The zero-order valence-electron chi connectivity index (χ0n) is 16.8. The first-order valence-corrected chi connectivity index (χ1v) is 10.6. The van der Waals surface area contributed by atoms with Gasteiger partial charge in [-0.15, -0.1) is 11.3 Å². The molecule has 162 valence electrons. The lowest BCUT2D eigenvalue weighted by Gasteiger charge is -2.42. The summed E-state index contributed by atoms with van der Waals surface area (Å²) in [5.74, 6) is -0.200. The molecule has 2 N–H and O–H groups in total. The third kappa shape index (κ3) is 5.32. The van der Waals surface area contributed by atoms with Crippen LogP contribution < -0.4 is 5.56 Å². The van der Waals surface area contributed by atoms with Crippen LogP contribution >= 0.6 is 11.3 Å². The number of aliphatic carboxylic acids is 1. The van der Waals surface area contributed by atoms with Crippen LogP contribution in [0.25, 0.3) is 0 Å². The molecule has 1 saturated heterocycles. The molecule has 2 bridgehead atoms. The van der Waals surface area contributed by atoms with Gasteiger partial charge in [0.05, 0.1) is 13.1 Å². The van der Waals surface area contributed by atoms with Crippen molar-refractivity contribution in [1.82, 2.24) is 19.4 Å². The number of carboxylic acid groups (broad SMARTS) is 2.